The van der Waals surface area contributed by atoms with Crippen LogP contribution in [0.2, 0.25) is 0 Å². The number of carbonyl (C=O) groups excluding carboxylic acids is 3. The molecule has 262 valence electrons. The normalized spacial score (nSPS) is 16.6. The molecule has 1 saturated heterocycles. The zero-order chi connectivity index (χ0) is 35.4. The lowest BCUT2D eigenvalue weighted by Gasteiger charge is -2.35. The minimum atomic E-state index is -3.81. The van der Waals surface area contributed by atoms with Gasteiger partial charge < -0.3 is 24.2 Å². The Balaban J connectivity index is 1.17. The van der Waals surface area contributed by atoms with Gasteiger partial charge in [-0.25, -0.2) is 13.8 Å². The molecule has 14 heteroatoms. The number of para-hydroxylation sites is 1. The number of carbonyl (C=O) groups is 3. The molecule has 6 rings (SSSR count). The fourth-order valence-corrected chi connectivity index (χ4v) is 8.02. The Kier molecular flexibility index (Phi) is 10.5. The van der Waals surface area contributed by atoms with Crippen molar-refractivity contribution in [1.82, 2.24) is 19.7 Å². The summed E-state index contributed by atoms with van der Waals surface area (Å²) in [7, 11) is -3.81. The number of fused-ring (bicyclic) bond motifs is 2. The van der Waals surface area contributed by atoms with Crippen LogP contribution < -0.4 is 4.52 Å². The predicted octanol–water partition coefficient (Wildman–Crippen LogP) is 5.23. The highest BCUT2D eigenvalue weighted by atomic mass is 31.2. The lowest BCUT2D eigenvalue weighted by atomic mass is 9.95. The molecule has 0 spiro atoms. The van der Waals surface area contributed by atoms with E-state index in [1.165, 1.54) is 30.2 Å². The van der Waals surface area contributed by atoms with E-state index in [4.69, 9.17) is 13.8 Å². The molecule has 1 unspecified atom stereocenters. The second kappa shape index (κ2) is 15.0. The fraction of sp³-hybridized carbons (Fsp3) is 0.333. The van der Waals surface area contributed by atoms with E-state index in [-0.39, 0.29) is 54.4 Å². The summed E-state index contributed by atoms with van der Waals surface area (Å²) in [4.78, 5) is 49.7. The van der Waals surface area contributed by atoms with E-state index in [1.807, 2.05) is 4.90 Å². The molecule has 50 heavy (non-hydrogen) atoms. The molecule has 0 radical (unpaired) electrons. The number of halogens is 1. The van der Waals surface area contributed by atoms with Gasteiger partial charge in [0.2, 0.25) is 0 Å². The van der Waals surface area contributed by atoms with Crippen LogP contribution >= 0.6 is 7.60 Å². The van der Waals surface area contributed by atoms with Crippen molar-refractivity contribution in [1.29, 1.82) is 0 Å². The molecule has 0 aliphatic carbocycles. The predicted molar refractivity (Wildman–Crippen MR) is 182 cm³/mol. The fourth-order valence-electron chi connectivity index (χ4n) is 6.24. The standard InChI is InChI=1S/C36H38FN4O8P/c1-3-47-36(45)24(2)48-50(46,49-27-8-5-4-6-9-27)21-20-39-16-18-40(19-17-39)34(43)30-28-10-7-15-38-32(28)33(42)31-29(30)23-41(35(31)44)22-25-11-13-26(37)14-12-25/h4-15,24,42H,3,16-23H2,1-2H3/t24-,50?/m0/s1. The molecule has 0 bridgehead atoms. The summed E-state index contributed by atoms with van der Waals surface area (Å²) >= 11 is 0. The van der Waals surface area contributed by atoms with Crippen LogP contribution in [0.3, 0.4) is 0 Å². The molecule has 2 aliphatic heterocycles. The zero-order valence-electron chi connectivity index (χ0n) is 27.8. The van der Waals surface area contributed by atoms with E-state index in [2.05, 4.69) is 4.98 Å². The summed E-state index contributed by atoms with van der Waals surface area (Å²) in [6, 6.07) is 17.8. The molecule has 0 saturated carbocycles. The van der Waals surface area contributed by atoms with E-state index in [0.717, 1.165) is 0 Å². The summed E-state index contributed by atoms with van der Waals surface area (Å²) in [6.07, 6.45) is 0.385. The summed E-state index contributed by atoms with van der Waals surface area (Å²) in [5, 5.41) is 11.6. The minimum Gasteiger partial charge on any atom is -0.505 e. The number of aromatic hydroxyl groups is 1. The number of aromatic nitrogens is 1. The minimum absolute atomic E-state index is 0.00658. The van der Waals surface area contributed by atoms with Crippen LogP contribution in [0.1, 0.15) is 45.7 Å². The van der Waals surface area contributed by atoms with Gasteiger partial charge in [-0.2, -0.15) is 0 Å². The van der Waals surface area contributed by atoms with Crippen LogP contribution in [0.15, 0.2) is 72.9 Å². The van der Waals surface area contributed by atoms with Gasteiger partial charge >= 0.3 is 13.6 Å². The summed E-state index contributed by atoms with van der Waals surface area (Å²) in [5.41, 5.74) is 1.65. The highest BCUT2D eigenvalue weighted by Gasteiger charge is 2.39. The maximum absolute atomic E-state index is 14.3. The molecule has 12 nitrogen and oxygen atoms in total. The lowest BCUT2D eigenvalue weighted by Crippen LogP contribution is -2.49. The summed E-state index contributed by atoms with van der Waals surface area (Å²) in [6.45, 7) is 5.47. The van der Waals surface area contributed by atoms with Gasteiger partial charge in [0.25, 0.3) is 11.8 Å². The molecular weight excluding hydrogens is 666 g/mol. The number of rotatable bonds is 12. The smallest absolute Gasteiger partial charge is 0.381 e. The summed E-state index contributed by atoms with van der Waals surface area (Å²) in [5.74, 6) is -1.68. The molecule has 3 aromatic carbocycles. The Morgan fingerprint density at radius 1 is 1.02 bits per heavy atom. The van der Waals surface area contributed by atoms with Crippen LogP contribution in [0.25, 0.3) is 10.9 Å². The first-order valence-corrected chi connectivity index (χ1v) is 18.2. The lowest BCUT2D eigenvalue weighted by molar-refractivity contribution is -0.150. The molecule has 1 aromatic heterocycles. The van der Waals surface area contributed by atoms with Crippen LogP contribution in [-0.4, -0.2) is 94.2 Å². The maximum atomic E-state index is 14.3. The summed E-state index contributed by atoms with van der Waals surface area (Å²) < 4.78 is 44.0. The number of pyridine rings is 1. The van der Waals surface area contributed by atoms with Crippen molar-refractivity contribution in [2.45, 2.75) is 33.0 Å². The van der Waals surface area contributed by atoms with Crippen molar-refractivity contribution in [3.05, 3.63) is 101 Å². The number of phenols is 1. The number of benzene rings is 3. The van der Waals surface area contributed by atoms with Gasteiger partial charge in [0.05, 0.1) is 23.9 Å². The van der Waals surface area contributed by atoms with E-state index in [0.29, 0.717) is 60.5 Å². The molecule has 2 amide bonds. The van der Waals surface area contributed by atoms with E-state index >= 15 is 0 Å². The Morgan fingerprint density at radius 3 is 2.44 bits per heavy atom. The van der Waals surface area contributed by atoms with Crippen molar-refractivity contribution in [2.75, 3.05) is 45.5 Å². The van der Waals surface area contributed by atoms with Crippen LogP contribution in [0.4, 0.5) is 4.39 Å². The Labute approximate surface area is 288 Å². The number of esters is 1. The molecule has 1 N–H and O–H groups in total. The molecule has 2 aliphatic rings. The van der Waals surface area contributed by atoms with Crippen LogP contribution in [0, 0.1) is 5.82 Å². The number of piperazine rings is 1. The van der Waals surface area contributed by atoms with Crippen LogP contribution in [0.5, 0.6) is 11.5 Å². The first-order chi connectivity index (χ1) is 24.1. The number of hydrogen-bond acceptors (Lipinski definition) is 10. The topological polar surface area (TPSA) is 139 Å². The third kappa shape index (κ3) is 7.50. The average molecular weight is 705 g/mol. The highest BCUT2D eigenvalue weighted by molar-refractivity contribution is 7.54. The highest BCUT2D eigenvalue weighted by Crippen LogP contribution is 2.49. The number of amides is 2. The van der Waals surface area contributed by atoms with E-state index < -0.39 is 25.6 Å². The number of ether oxygens (including phenoxy) is 1. The van der Waals surface area contributed by atoms with Crippen molar-refractivity contribution in [2.24, 2.45) is 0 Å². The van der Waals surface area contributed by atoms with Crippen LogP contribution in [-0.2, 0) is 31.7 Å². The van der Waals surface area contributed by atoms with Crippen molar-refractivity contribution in [3.8, 4) is 11.5 Å². The van der Waals surface area contributed by atoms with E-state index in [9.17, 15) is 28.4 Å². The number of nitrogens with zero attached hydrogens (tertiary/aromatic N) is 4. The largest absolute Gasteiger partial charge is 0.505 e. The van der Waals surface area contributed by atoms with Gasteiger partial charge in [-0.15, -0.1) is 0 Å². The third-order valence-corrected chi connectivity index (χ3v) is 10.6. The van der Waals surface area contributed by atoms with Crippen molar-refractivity contribution >= 4 is 36.3 Å². The number of hydrogen-bond donors (Lipinski definition) is 1. The van der Waals surface area contributed by atoms with Gasteiger partial charge in [-0.3, -0.25) is 24.0 Å². The monoisotopic (exact) mass is 704 g/mol. The maximum Gasteiger partial charge on any atom is 0.381 e. The second-order valence-electron chi connectivity index (χ2n) is 12.1. The molecule has 2 atom stereocenters. The average Bonchev–Trinajstić information content (AvgIpc) is 3.44. The van der Waals surface area contributed by atoms with Gasteiger partial charge in [0.15, 0.2) is 11.9 Å². The van der Waals surface area contributed by atoms with Gasteiger partial charge in [-0.1, -0.05) is 36.4 Å². The van der Waals surface area contributed by atoms with Gasteiger partial charge in [-0.05, 0) is 49.7 Å². The molecule has 3 heterocycles. The van der Waals surface area contributed by atoms with Crippen molar-refractivity contribution < 1.29 is 42.2 Å². The SMILES string of the molecule is CCOC(=O)[C@H](C)OP(=O)(CCN1CCN(C(=O)c2c3c(c(O)c4ncccc24)C(=O)N(Cc2ccc(F)cc2)C3)CC1)Oc1ccccc1. The zero-order valence-corrected chi connectivity index (χ0v) is 28.7. The number of phenolic OH excluding ortho intramolecular Hbond substituents is 1. The second-order valence-corrected chi connectivity index (χ2v) is 14.2. The molecular formula is C36H38FN4O8P. The quantitative estimate of drug-likeness (QED) is 0.154. The first kappa shape index (κ1) is 35.0. The Hall–Kier alpha value is -4.84. The van der Waals surface area contributed by atoms with Gasteiger partial charge in [0.1, 0.15) is 17.1 Å². The Morgan fingerprint density at radius 2 is 1.74 bits per heavy atom. The van der Waals surface area contributed by atoms with Crippen molar-refractivity contribution in [3.63, 3.8) is 0 Å². The first-order valence-electron chi connectivity index (χ1n) is 16.4. The molecule has 1 fully saturated rings. The third-order valence-electron chi connectivity index (χ3n) is 8.77. The molecule has 4 aromatic rings. The van der Waals surface area contributed by atoms with E-state index in [1.54, 1.807) is 66.4 Å². The Bertz CT molecular complexity index is 1940. The van der Waals surface area contributed by atoms with Gasteiger partial charge in [0, 0.05) is 63.0 Å².